The van der Waals surface area contributed by atoms with Gasteiger partial charge in [0.05, 0.1) is 43.2 Å². The van der Waals surface area contributed by atoms with Crippen LogP contribution in [-0.2, 0) is 4.74 Å². The summed E-state index contributed by atoms with van der Waals surface area (Å²) < 4.78 is 23.9. The molecule has 156 valence electrons. The highest BCUT2D eigenvalue weighted by Crippen LogP contribution is 2.49. The first kappa shape index (κ1) is 19.9. The van der Waals surface area contributed by atoms with Crippen LogP contribution in [0.1, 0.15) is 42.2 Å². The molecule has 1 atom stereocenters. The maximum atomic E-state index is 13.0. The predicted octanol–water partition coefficient (Wildman–Crippen LogP) is 3.44. The number of ether oxygens (including phenoxy) is 4. The molecule has 1 saturated heterocycles. The van der Waals surface area contributed by atoms with Crippen LogP contribution in [0.5, 0.6) is 17.2 Å². The van der Waals surface area contributed by atoms with Crippen molar-refractivity contribution in [2.75, 3.05) is 34.5 Å². The van der Waals surface area contributed by atoms with E-state index in [0.717, 1.165) is 23.4 Å². The van der Waals surface area contributed by atoms with Crippen molar-refractivity contribution in [1.82, 2.24) is 9.78 Å². The molecule has 2 aliphatic heterocycles. The maximum absolute atomic E-state index is 13.0. The van der Waals surface area contributed by atoms with E-state index in [0.29, 0.717) is 41.8 Å². The number of methoxy groups -OCH3 is 3. The molecule has 2 aromatic rings. The number of hydrogen-bond acceptors (Lipinski definition) is 7. The number of aromatic amines is 1. The summed E-state index contributed by atoms with van der Waals surface area (Å²) in [7, 11) is 4.78. The Labute approximate surface area is 173 Å². The molecule has 1 aromatic carbocycles. The molecule has 4 rings (SSSR count). The van der Waals surface area contributed by atoms with Gasteiger partial charge in [0.25, 0.3) is 5.56 Å². The molecule has 1 unspecified atom stereocenters. The van der Waals surface area contributed by atoms with E-state index in [-0.39, 0.29) is 16.9 Å². The summed E-state index contributed by atoms with van der Waals surface area (Å²) in [5.74, 6) is 2.50. The lowest BCUT2D eigenvalue weighted by Crippen LogP contribution is -2.21. The highest BCUT2D eigenvalue weighted by Gasteiger charge is 2.34. The Hall–Kier alpha value is -2.39. The quantitative estimate of drug-likeness (QED) is 0.799. The molecule has 1 N–H and O–H groups in total. The summed E-state index contributed by atoms with van der Waals surface area (Å²) in [5.41, 5.74) is 1.36. The topological polar surface area (TPSA) is 87.1 Å². The Morgan fingerprint density at radius 1 is 1.10 bits per heavy atom. The maximum Gasteiger partial charge on any atom is 0.271 e. The SMILES string of the molecule is COc1cc(OC)c(C2SC(C)=Nc3c2c(=O)[nH]n3C2CCOCC2)cc1OC. The highest BCUT2D eigenvalue weighted by atomic mass is 32.2. The lowest BCUT2D eigenvalue weighted by atomic mass is 10.0. The van der Waals surface area contributed by atoms with Crippen molar-refractivity contribution < 1.29 is 18.9 Å². The van der Waals surface area contributed by atoms with Gasteiger partial charge >= 0.3 is 0 Å². The van der Waals surface area contributed by atoms with Crippen LogP contribution in [0.25, 0.3) is 0 Å². The molecule has 29 heavy (non-hydrogen) atoms. The molecule has 0 aliphatic carbocycles. The van der Waals surface area contributed by atoms with Crippen LogP contribution < -0.4 is 19.8 Å². The van der Waals surface area contributed by atoms with Crippen molar-refractivity contribution in [2.45, 2.75) is 31.1 Å². The third-order valence-electron chi connectivity index (χ3n) is 5.32. The number of aromatic nitrogens is 2. The van der Waals surface area contributed by atoms with Gasteiger partial charge in [0.1, 0.15) is 5.75 Å². The number of nitrogens with one attached hydrogen (secondary N) is 1. The molecule has 8 nitrogen and oxygen atoms in total. The average Bonchev–Trinajstić information content (AvgIpc) is 3.08. The first-order chi connectivity index (χ1) is 14.1. The molecule has 9 heteroatoms. The van der Waals surface area contributed by atoms with Gasteiger partial charge in [-0.25, -0.2) is 4.99 Å². The minimum Gasteiger partial charge on any atom is -0.496 e. The summed E-state index contributed by atoms with van der Waals surface area (Å²) in [5, 5.41) is 3.65. The normalized spacial score (nSPS) is 19.4. The monoisotopic (exact) mass is 419 g/mol. The lowest BCUT2D eigenvalue weighted by Gasteiger charge is -2.27. The number of hydrogen-bond donors (Lipinski definition) is 1. The number of thioether (sulfide) groups is 1. The smallest absolute Gasteiger partial charge is 0.271 e. The zero-order valence-electron chi connectivity index (χ0n) is 17.0. The van der Waals surface area contributed by atoms with Crippen LogP contribution in [0.2, 0.25) is 0 Å². The summed E-state index contributed by atoms with van der Waals surface area (Å²) >= 11 is 1.53. The van der Waals surface area contributed by atoms with Crippen molar-refractivity contribution in [3.63, 3.8) is 0 Å². The average molecular weight is 420 g/mol. The van der Waals surface area contributed by atoms with Crippen LogP contribution >= 0.6 is 11.8 Å². The highest BCUT2D eigenvalue weighted by molar-refractivity contribution is 8.14. The van der Waals surface area contributed by atoms with Crippen molar-refractivity contribution in [3.05, 3.63) is 33.6 Å². The zero-order chi connectivity index (χ0) is 20.5. The second-order valence-corrected chi connectivity index (χ2v) is 8.27. The van der Waals surface area contributed by atoms with E-state index in [1.165, 1.54) is 11.8 Å². The molecule has 3 heterocycles. The van der Waals surface area contributed by atoms with Crippen LogP contribution in [0.3, 0.4) is 0 Å². The van der Waals surface area contributed by atoms with Gasteiger partial charge in [-0.15, -0.1) is 0 Å². The lowest BCUT2D eigenvalue weighted by molar-refractivity contribution is 0.0666. The van der Waals surface area contributed by atoms with Gasteiger partial charge in [-0.3, -0.25) is 14.6 Å². The van der Waals surface area contributed by atoms with E-state index in [9.17, 15) is 4.79 Å². The van der Waals surface area contributed by atoms with Crippen LogP contribution in [0, 0.1) is 0 Å². The van der Waals surface area contributed by atoms with E-state index in [1.54, 1.807) is 27.4 Å². The van der Waals surface area contributed by atoms with Crippen molar-refractivity contribution >= 4 is 22.6 Å². The number of aliphatic imine (C=N–C) groups is 1. The van der Waals surface area contributed by atoms with E-state index in [2.05, 4.69) is 5.10 Å². The number of nitrogens with zero attached hydrogens (tertiary/aromatic N) is 2. The van der Waals surface area contributed by atoms with Crippen LogP contribution in [-0.4, -0.2) is 49.4 Å². The van der Waals surface area contributed by atoms with Crippen molar-refractivity contribution in [1.29, 1.82) is 0 Å². The van der Waals surface area contributed by atoms with Gasteiger partial charge in [0, 0.05) is 24.8 Å². The molecular formula is C20H25N3O5S. The molecular weight excluding hydrogens is 394 g/mol. The fourth-order valence-electron chi connectivity index (χ4n) is 3.89. The molecule has 0 amide bonds. The summed E-state index contributed by atoms with van der Waals surface area (Å²) in [6.07, 6.45) is 1.70. The van der Waals surface area contributed by atoms with Gasteiger partial charge < -0.3 is 18.9 Å². The van der Waals surface area contributed by atoms with Crippen molar-refractivity contribution in [3.8, 4) is 17.2 Å². The molecule has 1 aromatic heterocycles. The first-order valence-corrected chi connectivity index (χ1v) is 10.4. The molecule has 0 saturated carbocycles. The van der Waals surface area contributed by atoms with E-state index in [1.807, 2.05) is 17.7 Å². The summed E-state index contributed by atoms with van der Waals surface area (Å²) in [4.78, 5) is 17.7. The molecule has 0 bridgehead atoms. The second kappa shape index (κ2) is 8.16. The Kier molecular flexibility index (Phi) is 5.60. The number of benzene rings is 1. The first-order valence-electron chi connectivity index (χ1n) is 9.51. The van der Waals surface area contributed by atoms with E-state index in [4.69, 9.17) is 23.9 Å². The summed E-state index contributed by atoms with van der Waals surface area (Å²) in [6.45, 7) is 3.33. The van der Waals surface area contributed by atoms with Gasteiger partial charge in [0.2, 0.25) is 0 Å². The third kappa shape index (κ3) is 3.53. The Balaban J connectivity index is 1.86. The van der Waals surface area contributed by atoms with Crippen LogP contribution in [0.4, 0.5) is 5.82 Å². The molecule has 0 radical (unpaired) electrons. The third-order valence-corrected chi connectivity index (χ3v) is 6.48. The number of fused-ring (bicyclic) bond motifs is 1. The van der Waals surface area contributed by atoms with Crippen molar-refractivity contribution in [2.24, 2.45) is 4.99 Å². The Bertz CT molecular complexity index is 991. The van der Waals surface area contributed by atoms with Gasteiger partial charge in [-0.1, -0.05) is 11.8 Å². The largest absolute Gasteiger partial charge is 0.496 e. The zero-order valence-corrected chi connectivity index (χ0v) is 17.8. The minimum absolute atomic E-state index is 0.128. The molecule has 0 spiro atoms. The predicted molar refractivity (Wildman–Crippen MR) is 112 cm³/mol. The standard InChI is InChI=1S/C20H25N3O5S/c1-11-21-19-17(20(24)22-23(19)12-5-7-28-8-6-12)18(29-11)13-9-15(26-3)16(27-4)10-14(13)25-2/h9-10,12,18H,5-8H2,1-4H3,(H,22,24). The van der Waals surface area contributed by atoms with Gasteiger partial charge in [-0.05, 0) is 25.8 Å². The molecule has 1 fully saturated rings. The number of H-pyrrole nitrogens is 1. The number of rotatable bonds is 5. The summed E-state index contributed by atoms with van der Waals surface area (Å²) in [6, 6.07) is 3.84. The minimum atomic E-state index is -0.262. The van der Waals surface area contributed by atoms with E-state index >= 15 is 0 Å². The van der Waals surface area contributed by atoms with Gasteiger partial charge in [-0.2, -0.15) is 0 Å². The van der Waals surface area contributed by atoms with E-state index < -0.39 is 0 Å². The van der Waals surface area contributed by atoms with Crippen LogP contribution in [0.15, 0.2) is 21.9 Å². The van der Waals surface area contributed by atoms with Gasteiger partial charge in [0.15, 0.2) is 17.3 Å². The second-order valence-electron chi connectivity index (χ2n) is 6.97. The Morgan fingerprint density at radius 2 is 1.76 bits per heavy atom. The Morgan fingerprint density at radius 3 is 2.41 bits per heavy atom. The molecule has 2 aliphatic rings. The fraction of sp³-hybridized carbons (Fsp3) is 0.500. The fourth-order valence-corrected chi connectivity index (χ4v) is 5.02.